The fourth-order valence-electron chi connectivity index (χ4n) is 4.00. The van der Waals surface area contributed by atoms with Crippen LogP contribution in [0.1, 0.15) is 44.6 Å². The van der Waals surface area contributed by atoms with Gasteiger partial charge in [0.15, 0.2) is 0 Å². The van der Waals surface area contributed by atoms with Crippen molar-refractivity contribution in [3.05, 3.63) is 78.2 Å². The maximum atomic E-state index is 12.9. The van der Waals surface area contributed by atoms with E-state index in [0.717, 1.165) is 17.1 Å². The van der Waals surface area contributed by atoms with Crippen molar-refractivity contribution in [2.24, 2.45) is 11.1 Å². The fraction of sp³-hybridized carbons (Fsp3) is 0.385. The Bertz CT molecular complexity index is 994. The van der Waals surface area contributed by atoms with E-state index in [1.807, 2.05) is 36.4 Å². The minimum atomic E-state index is -0.367. The van der Waals surface area contributed by atoms with Gasteiger partial charge in [-0.3, -0.25) is 4.90 Å². The largest absolute Gasteiger partial charge is 0.453 e. The molecule has 0 bridgehead atoms. The van der Waals surface area contributed by atoms with Gasteiger partial charge in [0, 0.05) is 24.8 Å². The number of aromatic nitrogens is 2. The first-order chi connectivity index (χ1) is 15.3. The number of amides is 1. The molecule has 0 fully saturated rings. The highest BCUT2D eigenvalue weighted by Crippen LogP contribution is 2.39. The molecule has 6 heteroatoms. The Labute approximate surface area is 191 Å². The van der Waals surface area contributed by atoms with Crippen LogP contribution in [-0.2, 0) is 11.3 Å². The molecule has 170 valence electrons. The third-order valence-electron chi connectivity index (χ3n) is 5.46. The zero-order valence-corrected chi connectivity index (χ0v) is 19.5. The summed E-state index contributed by atoms with van der Waals surface area (Å²) in [6.07, 6.45) is 2.40. The van der Waals surface area contributed by atoms with Crippen LogP contribution in [0.25, 0.3) is 11.3 Å². The summed E-state index contributed by atoms with van der Waals surface area (Å²) in [6, 6.07) is 20.1. The Morgan fingerprint density at radius 1 is 1.09 bits per heavy atom. The normalized spacial score (nSPS) is 12.4. The van der Waals surface area contributed by atoms with Crippen LogP contribution in [0, 0.1) is 5.41 Å². The summed E-state index contributed by atoms with van der Waals surface area (Å²) in [5.41, 5.74) is 8.59. The predicted molar refractivity (Wildman–Crippen MR) is 128 cm³/mol. The van der Waals surface area contributed by atoms with Crippen molar-refractivity contribution in [3.63, 3.8) is 0 Å². The highest BCUT2D eigenvalue weighted by molar-refractivity contribution is 5.68. The lowest BCUT2D eigenvalue weighted by Crippen LogP contribution is -2.43. The molecule has 1 atom stereocenters. The monoisotopic (exact) mass is 434 g/mol. The second kappa shape index (κ2) is 10.5. The van der Waals surface area contributed by atoms with Crippen molar-refractivity contribution < 1.29 is 9.53 Å². The van der Waals surface area contributed by atoms with Gasteiger partial charge in [-0.2, -0.15) is 0 Å². The van der Waals surface area contributed by atoms with Crippen LogP contribution in [0.4, 0.5) is 4.79 Å². The number of hydrogen-bond donors (Lipinski definition) is 1. The first kappa shape index (κ1) is 23.5. The molecule has 0 unspecified atom stereocenters. The standard InChI is InChI=1S/C26H34N4O2/c1-26(2,3)23(30(17-11-16-27)25(31)32-4)24-28-22(21-14-9-6-10-15-21)19-29(24)18-20-12-7-5-8-13-20/h5-10,12-15,19,23H,11,16-18,27H2,1-4H3/t23-/m0/s1. The SMILES string of the molecule is COC(=O)N(CCCN)[C@@H](c1nc(-c2ccccc2)cn1Cc1ccccc1)C(C)(C)C. The second-order valence-electron chi connectivity index (χ2n) is 9.04. The molecule has 2 aromatic carbocycles. The number of imidazole rings is 1. The third-order valence-corrected chi connectivity index (χ3v) is 5.46. The molecule has 0 saturated carbocycles. The topological polar surface area (TPSA) is 73.4 Å². The molecule has 2 N–H and O–H groups in total. The Balaban J connectivity index is 2.14. The molecule has 6 nitrogen and oxygen atoms in total. The summed E-state index contributed by atoms with van der Waals surface area (Å²) in [4.78, 5) is 19.7. The molecular weight excluding hydrogens is 400 g/mol. The van der Waals surface area contributed by atoms with Crippen molar-refractivity contribution in [1.82, 2.24) is 14.5 Å². The van der Waals surface area contributed by atoms with E-state index in [1.165, 1.54) is 12.7 Å². The molecule has 0 aliphatic heterocycles. The summed E-state index contributed by atoms with van der Waals surface area (Å²) in [5, 5.41) is 0. The smallest absolute Gasteiger partial charge is 0.410 e. The Hall–Kier alpha value is -3.12. The van der Waals surface area contributed by atoms with E-state index in [1.54, 1.807) is 4.90 Å². The molecule has 3 aromatic rings. The van der Waals surface area contributed by atoms with Crippen molar-refractivity contribution >= 4 is 6.09 Å². The lowest BCUT2D eigenvalue weighted by molar-refractivity contribution is 0.0632. The highest BCUT2D eigenvalue weighted by Gasteiger charge is 2.38. The first-order valence-electron chi connectivity index (χ1n) is 11.1. The number of nitrogens with two attached hydrogens (primary N) is 1. The minimum Gasteiger partial charge on any atom is -0.453 e. The van der Waals surface area contributed by atoms with Crippen LogP contribution in [0.3, 0.4) is 0 Å². The second-order valence-corrected chi connectivity index (χ2v) is 9.04. The zero-order valence-electron chi connectivity index (χ0n) is 19.5. The maximum Gasteiger partial charge on any atom is 0.410 e. The number of benzene rings is 2. The molecule has 0 radical (unpaired) electrons. The van der Waals surface area contributed by atoms with Crippen LogP contribution >= 0.6 is 0 Å². The Morgan fingerprint density at radius 3 is 2.28 bits per heavy atom. The summed E-state index contributed by atoms with van der Waals surface area (Å²) in [7, 11) is 1.42. The first-order valence-corrected chi connectivity index (χ1v) is 11.1. The third kappa shape index (κ3) is 5.56. The van der Waals surface area contributed by atoms with E-state index in [9.17, 15) is 4.79 Å². The maximum absolute atomic E-state index is 12.9. The number of hydrogen-bond acceptors (Lipinski definition) is 4. The number of carbonyl (C=O) groups excluding carboxylic acids is 1. The van der Waals surface area contributed by atoms with Gasteiger partial charge in [0.05, 0.1) is 18.8 Å². The van der Waals surface area contributed by atoms with Gasteiger partial charge in [-0.25, -0.2) is 9.78 Å². The summed E-state index contributed by atoms with van der Waals surface area (Å²) >= 11 is 0. The van der Waals surface area contributed by atoms with E-state index >= 15 is 0 Å². The molecular formula is C26H34N4O2. The van der Waals surface area contributed by atoms with Gasteiger partial charge in [-0.1, -0.05) is 81.4 Å². The van der Waals surface area contributed by atoms with Gasteiger partial charge in [0.2, 0.25) is 0 Å². The van der Waals surface area contributed by atoms with Gasteiger partial charge in [-0.05, 0) is 23.9 Å². The van der Waals surface area contributed by atoms with Crippen LogP contribution in [0.15, 0.2) is 66.9 Å². The van der Waals surface area contributed by atoms with Crippen LogP contribution in [0.5, 0.6) is 0 Å². The van der Waals surface area contributed by atoms with Crippen molar-refractivity contribution in [1.29, 1.82) is 0 Å². The fourth-order valence-corrected chi connectivity index (χ4v) is 4.00. The molecule has 0 saturated heterocycles. The van der Waals surface area contributed by atoms with Gasteiger partial charge in [0.1, 0.15) is 5.82 Å². The number of methoxy groups -OCH3 is 1. The van der Waals surface area contributed by atoms with Gasteiger partial charge >= 0.3 is 6.09 Å². The molecule has 0 aliphatic rings. The molecule has 3 rings (SSSR count). The summed E-state index contributed by atoms with van der Waals surface area (Å²) in [5.74, 6) is 0.836. The van der Waals surface area contributed by atoms with Crippen LogP contribution in [-0.4, -0.2) is 40.7 Å². The van der Waals surface area contributed by atoms with Gasteiger partial charge in [-0.15, -0.1) is 0 Å². The quantitative estimate of drug-likeness (QED) is 0.535. The highest BCUT2D eigenvalue weighted by atomic mass is 16.5. The van der Waals surface area contributed by atoms with Gasteiger partial charge in [0.25, 0.3) is 0 Å². The van der Waals surface area contributed by atoms with Gasteiger partial charge < -0.3 is 15.0 Å². The molecule has 1 amide bonds. The molecule has 0 spiro atoms. The van der Waals surface area contributed by atoms with Crippen LogP contribution in [0.2, 0.25) is 0 Å². The number of nitrogens with zero attached hydrogens (tertiary/aromatic N) is 3. The molecule has 1 heterocycles. The van der Waals surface area contributed by atoms with Crippen LogP contribution < -0.4 is 5.73 Å². The Morgan fingerprint density at radius 2 is 1.72 bits per heavy atom. The summed E-state index contributed by atoms with van der Waals surface area (Å²) < 4.78 is 7.32. The van der Waals surface area contributed by atoms with E-state index in [-0.39, 0.29) is 17.6 Å². The van der Waals surface area contributed by atoms with E-state index < -0.39 is 0 Å². The molecule has 0 aliphatic carbocycles. The molecule has 1 aromatic heterocycles. The average molecular weight is 435 g/mol. The number of rotatable bonds is 8. The van der Waals surface area contributed by atoms with E-state index in [2.05, 4.69) is 55.8 Å². The number of carbonyl (C=O) groups is 1. The van der Waals surface area contributed by atoms with E-state index in [4.69, 9.17) is 15.5 Å². The minimum absolute atomic E-state index is 0.281. The lowest BCUT2D eigenvalue weighted by atomic mass is 9.84. The van der Waals surface area contributed by atoms with Crippen molar-refractivity contribution in [2.75, 3.05) is 20.2 Å². The van der Waals surface area contributed by atoms with Crippen molar-refractivity contribution in [3.8, 4) is 11.3 Å². The van der Waals surface area contributed by atoms with E-state index in [0.29, 0.717) is 26.1 Å². The summed E-state index contributed by atoms with van der Waals surface area (Å²) in [6.45, 7) is 8.04. The van der Waals surface area contributed by atoms with Crippen molar-refractivity contribution in [2.45, 2.75) is 39.8 Å². The predicted octanol–water partition coefficient (Wildman–Crippen LogP) is 5.10. The molecule has 32 heavy (non-hydrogen) atoms. The Kier molecular flexibility index (Phi) is 7.70. The average Bonchev–Trinajstić information content (AvgIpc) is 3.19. The zero-order chi connectivity index (χ0) is 23.1. The lowest BCUT2D eigenvalue weighted by Gasteiger charge is -2.39. The number of ether oxygens (including phenoxy) is 1.